The molecule has 3 amide bonds. The summed E-state index contributed by atoms with van der Waals surface area (Å²) >= 11 is 1.34. The maximum absolute atomic E-state index is 12.5. The fraction of sp³-hybridized carbons (Fsp3) is 0.294. The largest absolute Gasteiger partial charge is 0.418 e. The number of hydrogen-bond donors (Lipinski definition) is 2. The number of amides is 3. The molecule has 1 fully saturated rings. The molecule has 28 heavy (non-hydrogen) atoms. The molecule has 11 heteroatoms. The van der Waals surface area contributed by atoms with Crippen molar-refractivity contribution in [2.24, 2.45) is 5.73 Å². The SMILES string of the molecule is CCc1ccccc1-c1cc2c(s1)C(C(N)=O)N1CC2N(OS(=O)(=O)O)C1=O. The van der Waals surface area contributed by atoms with Crippen molar-refractivity contribution >= 4 is 33.7 Å². The third kappa shape index (κ3) is 2.96. The van der Waals surface area contributed by atoms with Crippen LogP contribution in [-0.4, -0.2) is 41.4 Å². The molecule has 3 heterocycles. The average molecular weight is 423 g/mol. The van der Waals surface area contributed by atoms with Gasteiger partial charge in [0.1, 0.15) is 12.1 Å². The minimum atomic E-state index is -4.91. The molecule has 2 atom stereocenters. The van der Waals surface area contributed by atoms with Crippen LogP contribution in [0.2, 0.25) is 0 Å². The predicted molar refractivity (Wildman–Crippen MR) is 100 cm³/mol. The number of rotatable bonds is 5. The van der Waals surface area contributed by atoms with E-state index in [0.717, 1.165) is 27.3 Å². The summed E-state index contributed by atoms with van der Waals surface area (Å²) in [5, 5.41) is 0.583. The van der Waals surface area contributed by atoms with Crippen LogP contribution in [0.25, 0.3) is 10.4 Å². The molecule has 0 radical (unpaired) electrons. The van der Waals surface area contributed by atoms with E-state index in [1.165, 1.54) is 11.3 Å². The number of primary amides is 1. The number of aryl methyl sites for hydroxylation is 1. The first-order valence-electron chi connectivity index (χ1n) is 8.49. The van der Waals surface area contributed by atoms with Crippen LogP contribution in [0.5, 0.6) is 0 Å². The van der Waals surface area contributed by atoms with Crippen molar-refractivity contribution in [3.8, 4) is 10.4 Å². The van der Waals surface area contributed by atoms with Crippen LogP contribution >= 0.6 is 11.3 Å². The molecule has 1 aromatic heterocycles. The second kappa shape index (κ2) is 6.55. The summed E-state index contributed by atoms with van der Waals surface area (Å²) in [5.41, 5.74) is 8.24. The van der Waals surface area contributed by atoms with Crippen LogP contribution in [0.3, 0.4) is 0 Å². The number of carbonyl (C=O) groups is 2. The van der Waals surface area contributed by atoms with Crippen molar-refractivity contribution in [3.05, 3.63) is 46.3 Å². The Morgan fingerprint density at radius 2 is 2.11 bits per heavy atom. The van der Waals surface area contributed by atoms with Gasteiger partial charge in [-0.25, -0.2) is 4.79 Å². The van der Waals surface area contributed by atoms with Crippen molar-refractivity contribution in [2.45, 2.75) is 25.4 Å². The van der Waals surface area contributed by atoms with Gasteiger partial charge >= 0.3 is 16.4 Å². The van der Waals surface area contributed by atoms with Gasteiger partial charge in [-0.15, -0.1) is 15.6 Å². The Bertz CT molecular complexity index is 1080. The Labute approximate surface area is 165 Å². The molecule has 2 aliphatic rings. The molecule has 0 aliphatic carbocycles. The van der Waals surface area contributed by atoms with Gasteiger partial charge in [0.25, 0.3) is 0 Å². The van der Waals surface area contributed by atoms with Gasteiger partial charge in [-0.05, 0) is 29.2 Å². The van der Waals surface area contributed by atoms with Crippen LogP contribution in [0, 0.1) is 0 Å². The van der Waals surface area contributed by atoms with Crippen LogP contribution in [-0.2, 0) is 25.9 Å². The summed E-state index contributed by atoms with van der Waals surface area (Å²) in [7, 11) is -4.91. The minimum Gasteiger partial charge on any atom is -0.368 e. The topological polar surface area (TPSA) is 130 Å². The molecular weight excluding hydrogens is 406 g/mol. The van der Waals surface area contributed by atoms with E-state index in [2.05, 4.69) is 4.28 Å². The van der Waals surface area contributed by atoms with Crippen molar-refractivity contribution < 1.29 is 26.8 Å². The first-order valence-corrected chi connectivity index (χ1v) is 10.7. The molecule has 2 aromatic rings. The molecule has 0 spiro atoms. The monoisotopic (exact) mass is 423 g/mol. The normalized spacial score (nSPS) is 21.1. The van der Waals surface area contributed by atoms with Crippen molar-refractivity contribution in [3.63, 3.8) is 0 Å². The third-order valence-electron chi connectivity index (χ3n) is 4.90. The lowest BCUT2D eigenvalue weighted by Crippen LogP contribution is -2.41. The molecule has 3 N–H and O–H groups in total. The van der Waals surface area contributed by atoms with E-state index in [1.807, 2.05) is 37.3 Å². The van der Waals surface area contributed by atoms with Gasteiger partial charge in [0.15, 0.2) is 0 Å². The van der Waals surface area contributed by atoms with Crippen molar-refractivity contribution in [1.82, 2.24) is 9.96 Å². The first kappa shape index (κ1) is 18.9. The Morgan fingerprint density at radius 3 is 2.75 bits per heavy atom. The molecule has 1 aromatic carbocycles. The van der Waals surface area contributed by atoms with Crippen LogP contribution in [0.15, 0.2) is 30.3 Å². The highest BCUT2D eigenvalue weighted by molar-refractivity contribution is 7.80. The highest BCUT2D eigenvalue weighted by Crippen LogP contribution is 2.49. The van der Waals surface area contributed by atoms with E-state index < -0.39 is 34.4 Å². The summed E-state index contributed by atoms with van der Waals surface area (Å²) in [4.78, 5) is 27.3. The number of nitrogens with two attached hydrogens (primary N) is 1. The molecule has 2 bridgehead atoms. The number of carbonyl (C=O) groups excluding carboxylic acids is 2. The average Bonchev–Trinajstić information content (AvgIpc) is 3.17. The summed E-state index contributed by atoms with van der Waals surface area (Å²) in [5.74, 6) is -0.723. The molecule has 0 saturated carbocycles. The molecule has 148 valence electrons. The minimum absolute atomic E-state index is 0.0283. The number of fused-ring (bicyclic) bond motifs is 4. The number of hydrogen-bond acceptors (Lipinski definition) is 6. The summed E-state index contributed by atoms with van der Waals surface area (Å²) in [6, 6.07) is 7.00. The van der Waals surface area contributed by atoms with E-state index in [9.17, 15) is 18.0 Å². The maximum atomic E-state index is 12.5. The van der Waals surface area contributed by atoms with Gasteiger partial charge < -0.3 is 10.6 Å². The number of thiophene rings is 1. The Morgan fingerprint density at radius 1 is 1.39 bits per heavy atom. The second-order valence-corrected chi connectivity index (χ2v) is 8.61. The Hall–Kier alpha value is -2.47. The molecule has 2 aliphatic heterocycles. The van der Waals surface area contributed by atoms with E-state index in [0.29, 0.717) is 15.5 Å². The van der Waals surface area contributed by atoms with Gasteiger partial charge in [-0.3, -0.25) is 9.35 Å². The lowest BCUT2D eigenvalue weighted by Gasteiger charge is -2.27. The lowest BCUT2D eigenvalue weighted by atomic mass is 9.97. The fourth-order valence-electron chi connectivity index (χ4n) is 3.74. The van der Waals surface area contributed by atoms with E-state index in [4.69, 9.17) is 10.3 Å². The molecule has 9 nitrogen and oxygen atoms in total. The van der Waals surface area contributed by atoms with Crippen LogP contribution < -0.4 is 5.73 Å². The zero-order chi connectivity index (χ0) is 20.2. The fourth-order valence-corrected chi connectivity index (χ4v) is 5.51. The van der Waals surface area contributed by atoms with Gasteiger partial charge in [0.2, 0.25) is 5.91 Å². The van der Waals surface area contributed by atoms with E-state index in [-0.39, 0.29) is 6.54 Å². The highest BCUT2D eigenvalue weighted by Gasteiger charge is 2.52. The molecule has 1 saturated heterocycles. The maximum Gasteiger partial charge on any atom is 0.418 e. The Balaban J connectivity index is 1.85. The number of nitrogens with zero attached hydrogens (tertiary/aromatic N) is 2. The smallest absolute Gasteiger partial charge is 0.368 e. The number of hydroxylamine groups is 2. The Kier molecular flexibility index (Phi) is 4.42. The van der Waals surface area contributed by atoms with Gasteiger partial charge in [-0.2, -0.15) is 13.5 Å². The standard InChI is InChI=1S/C17H17N3O6S2/c1-2-9-5-3-4-6-10(9)13-7-11-12-8-19(14(16(18)21)15(11)27-13)17(22)20(12)26-28(23,24)25/h3-7,12,14H,2,8H2,1H3,(H2,18,21)(H,23,24,25). The van der Waals surface area contributed by atoms with Gasteiger partial charge in [-0.1, -0.05) is 31.2 Å². The second-order valence-electron chi connectivity index (χ2n) is 6.52. The number of benzene rings is 1. The summed E-state index contributed by atoms with van der Waals surface area (Å²) < 4.78 is 35.9. The highest BCUT2D eigenvalue weighted by atomic mass is 32.3. The first-order chi connectivity index (χ1) is 13.2. The molecule has 4 rings (SSSR count). The zero-order valence-electron chi connectivity index (χ0n) is 14.7. The van der Waals surface area contributed by atoms with Crippen LogP contribution in [0.1, 0.15) is 35.0 Å². The van der Waals surface area contributed by atoms with Gasteiger partial charge in [0.05, 0.1) is 6.54 Å². The van der Waals surface area contributed by atoms with Gasteiger partial charge in [0, 0.05) is 9.75 Å². The van der Waals surface area contributed by atoms with E-state index >= 15 is 0 Å². The summed E-state index contributed by atoms with van der Waals surface area (Å²) in [6.07, 6.45) is 0.810. The zero-order valence-corrected chi connectivity index (χ0v) is 16.4. The number of urea groups is 1. The quantitative estimate of drug-likeness (QED) is 0.708. The molecular formula is C17H17N3O6S2. The predicted octanol–water partition coefficient (Wildman–Crippen LogP) is 2.03. The lowest BCUT2D eigenvalue weighted by molar-refractivity contribution is -0.122. The van der Waals surface area contributed by atoms with Crippen molar-refractivity contribution in [1.29, 1.82) is 0 Å². The molecule has 2 unspecified atom stereocenters. The van der Waals surface area contributed by atoms with Crippen LogP contribution in [0.4, 0.5) is 4.79 Å². The third-order valence-corrected chi connectivity index (χ3v) is 6.49. The van der Waals surface area contributed by atoms with E-state index in [1.54, 1.807) is 0 Å². The summed E-state index contributed by atoms with van der Waals surface area (Å²) in [6.45, 7) is 2.06. The van der Waals surface area contributed by atoms with Crippen molar-refractivity contribution in [2.75, 3.05) is 6.54 Å².